The Bertz CT molecular complexity index is 220. The van der Waals surface area contributed by atoms with Crippen molar-refractivity contribution in [2.24, 2.45) is 7.05 Å². The van der Waals surface area contributed by atoms with E-state index in [0.29, 0.717) is 5.88 Å². The lowest BCUT2D eigenvalue weighted by Crippen LogP contribution is -2.27. The quantitative estimate of drug-likeness (QED) is 0.501. The molecule has 1 aromatic rings. The van der Waals surface area contributed by atoms with Crippen molar-refractivity contribution in [2.75, 3.05) is 0 Å². The SMILES string of the molecule is Cc1ccc(O)[n+](C)c1. The van der Waals surface area contributed by atoms with Crippen LogP contribution < -0.4 is 4.57 Å². The van der Waals surface area contributed by atoms with Crippen LogP contribution >= 0.6 is 0 Å². The van der Waals surface area contributed by atoms with Crippen molar-refractivity contribution in [3.63, 3.8) is 0 Å². The molecule has 1 aromatic heterocycles. The zero-order valence-corrected chi connectivity index (χ0v) is 5.63. The van der Waals surface area contributed by atoms with Crippen molar-refractivity contribution < 1.29 is 9.67 Å². The number of aromatic nitrogens is 1. The van der Waals surface area contributed by atoms with Gasteiger partial charge in [-0.25, -0.2) is 0 Å². The summed E-state index contributed by atoms with van der Waals surface area (Å²) in [6.07, 6.45) is 1.87. The fraction of sp³-hybridized carbons (Fsp3) is 0.286. The molecule has 0 saturated carbocycles. The van der Waals surface area contributed by atoms with Crippen LogP contribution in [0.3, 0.4) is 0 Å². The summed E-state index contributed by atoms with van der Waals surface area (Å²) in [6.45, 7) is 1.99. The van der Waals surface area contributed by atoms with Crippen molar-refractivity contribution >= 4 is 0 Å². The minimum atomic E-state index is 0.292. The van der Waals surface area contributed by atoms with Gasteiger partial charge in [0.25, 0.3) is 0 Å². The van der Waals surface area contributed by atoms with Crippen LogP contribution in [-0.2, 0) is 7.05 Å². The number of rotatable bonds is 0. The summed E-state index contributed by atoms with van der Waals surface area (Å²) in [5, 5.41) is 9.01. The van der Waals surface area contributed by atoms with Crippen LogP contribution in [0.25, 0.3) is 0 Å². The molecule has 0 aliphatic rings. The standard InChI is InChI=1S/C7H9NO/c1-6-3-4-7(9)8(2)5-6/h3-5H,1-2H3/p+1. The molecule has 0 unspecified atom stereocenters. The molecule has 0 bridgehead atoms. The van der Waals surface area contributed by atoms with E-state index in [1.165, 1.54) is 0 Å². The van der Waals surface area contributed by atoms with Gasteiger partial charge in [-0.1, -0.05) is 0 Å². The molecule has 0 atom stereocenters. The minimum absolute atomic E-state index is 0.292. The van der Waals surface area contributed by atoms with Gasteiger partial charge in [-0.15, -0.1) is 0 Å². The lowest BCUT2D eigenvalue weighted by molar-refractivity contribution is -0.678. The largest absolute Gasteiger partial charge is 0.460 e. The maximum absolute atomic E-state index is 9.01. The van der Waals surface area contributed by atoms with E-state index in [1.807, 2.05) is 26.2 Å². The lowest BCUT2D eigenvalue weighted by Gasteiger charge is -1.90. The van der Waals surface area contributed by atoms with Gasteiger partial charge in [0, 0.05) is 5.56 Å². The highest BCUT2D eigenvalue weighted by Gasteiger charge is 1.99. The second-order valence-electron chi connectivity index (χ2n) is 2.18. The highest BCUT2D eigenvalue weighted by atomic mass is 16.3. The summed E-state index contributed by atoms with van der Waals surface area (Å²) < 4.78 is 1.68. The molecule has 2 nitrogen and oxygen atoms in total. The number of pyridine rings is 1. The average molecular weight is 124 g/mol. The summed E-state index contributed by atoms with van der Waals surface area (Å²) in [5.41, 5.74) is 1.15. The van der Waals surface area contributed by atoms with Gasteiger partial charge in [-0.05, 0) is 13.0 Å². The second-order valence-corrected chi connectivity index (χ2v) is 2.18. The fourth-order valence-corrected chi connectivity index (χ4v) is 0.738. The Morgan fingerprint density at radius 3 is 2.56 bits per heavy atom. The number of hydrogen-bond acceptors (Lipinski definition) is 1. The monoisotopic (exact) mass is 124 g/mol. The molecule has 2 heteroatoms. The Kier molecular flexibility index (Phi) is 1.39. The minimum Gasteiger partial charge on any atom is -0.460 e. The number of nitrogens with zero attached hydrogens (tertiary/aromatic N) is 1. The first-order valence-electron chi connectivity index (χ1n) is 2.85. The first-order chi connectivity index (χ1) is 4.20. The first kappa shape index (κ1) is 6.08. The highest BCUT2D eigenvalue weighted by Crippen LogP contribution is 1.99. The molecule has 1 N–H and O–H groups in total. The van der Waals surface area contributed by atoms with E-state index in [1.54, 1.807) is 10.6 Å². The Hall–Kier alpha value is -1.05. The Morgan fingerprint density at radius 2 is 2.11 bits per heavy atom. The van der Waals surface area contributed by atoms with Crippen LogP contribution in [0.15, 0.2) is 18.3 Å². The van der Waals surface area contributed by atoms with Gasteiger partial charge in [0.05, 0.1) is 6.07 Å². The third-order valence-electron chi connectivity index (χ3n) is 1.25. The maximum Gasteiger partial charge on any atom is 0.365 e. The molecule has 0 saturated heterocycles. The summed E-state index contributed by atoms with van der Waals surface area (Å²) in [5.74, 6) is 0.292. The molecule has 0 aliphatic carbocycles. The third kappa shape index (κ3) is 1.19. The van der Waals surface area contributed by atoms with E-state index in [-0.39, 0.29) is 0 Å². The molecule has 1 rings (SSSR count). The maximum atomic E-state index is 9.01. The summed E-state index contributed by atoms with van der Waals surface area (Å²) in [7, 11) is 1.81. The Morgan fingerprint density at radius 1 is 1.44 bits per heavy atom. The lowest BCUT2D eigenvalue weighted by atomic mass is 10.3. The number of hydrogen-bond donors (Lipinski definition) is 1. The molecular weight excluding hydrogens is 114 g/mol. The van der Waals surface area contributed by atoms with Gasteiger partial charge in [0.15, 0.2) is 6.20 Å². The molecule has 0 spiro atoms. The van der Waals surface area contributed by atoms with Gasteiger partial charge < -0.3 is 5.11 Å². The Balaban J connectivity index is 3.17. The molecule has 0 aliphatic heterocycles. The van der Waals surface area contributed by atoms with E-state index in [9.17, 15) is 0 Å². The second kappa shape index (κ2) is 2.05. The molecular formula is C7H10NO+. The van der Waals surface area contributed by atoms with Gasteiger partial charge in [-0.3, -0.25) is 0 Å². The van der Waals surface area contributed by atoms with Crippen molar-refractivity contribution in [3.05, 3.63) is 23.9 Å². The van der Waals surface area contributed by atoms with Crippen LogP contribution in [-0.4, -0.2) is 5.11 Å². The van der Waals surface area contributed by atoms with Crippen LogP contribution in [0.5, 0.6) is 5.88 Å². The van der Waals surface area contributed by atoms with Crippen LogP contribution in [0.4, 0.5) is 0 Å². The molecule has 1 heterocycles. The van der Waals surface area contributed by atoms with Crippen molar-refractivity contribution in [2.45, 2.75) is 6.92 Å². The van der Waals surface area contributed by atoms with Crippen LogP contribution in [0.2, 0.25) is 0 Å². The van der Waals surface area contributed by atoms with Gasteiger partial charge >= 0.3 is 5.88 Å². The van der Waals surface area contributed by atoms with Crippen molar-refractivity contribution in [1.82, 2.24) is 0 Å². The zero-order chi connectivity index (χ0) is 6.85. The molecule has 0 radical (unpaired) electrons. The molecule has 9 heavy (non-hydrogen) atoms. The Labute approximate surface area is 54.4 Å². The normalized spacial score (nSPS) is 9.56. The summed E-state index contributed by atoms with van der Waals surface area (Å²) in [4.78, 5) is 0. The summed E-state index contributed by atoms with van der Waals surface area (Å²) in [6, 6.07) is 3.55. The predicted octanol–water partition coefficient (Wildman–Crippen LogP) is 0.525. The fourth-order valence-electron chi connectivity index (χ4n) is 0.738. The summed E-state index contributed by atoms with van der Waals surface area (Å²) >= 11 is 0. The van der Waals surface area contributed by atoms with Crippen molar-refractivity contribution in [3.8, 4) is 5.88 Å². The van der Waals surface area contributed by atoms with E-state index in [2.05, 4.69) is 0 Å². The van der Waals surface area contributed by atoms with Crippen molar-refractivity contribution in [1.29, 1.82) is 0 Å². The number of aromatic hydroxyl groups is 1. The smallest absolute Gasteiger partial charge is 0.365 e. The molecule has 0 amide bonds. The van der Waals surface area contributed by atoms with Gasteiger partial charge in [0.1, 0.15) is 7.05 Å². The predicted molar refractivity (Wildman–Crippen MR) is 34.0 cm³/mol. The van der Waals surface area contributed by atoms with E-state index in [0.717, 1.165) is 5.56 Å². The molecule has 0 aromatic carbocycles. The van der Waals surface area contributed by atoms with Gasteiger partial charge in [-0.2, -0.15) is 4.57 Å². The average Bonchev–Trinajstić information content (AvgIpc) is 1.80. The zero-order valence-electron chi connectivity index (χ0n) is 5.63. The topological polar surface area (TPSA) is 24.1 Å². The van der Waals surface area contributed by atoms with E-state index < -0.39 is 0 Å². The highest BCUT2D eigenvalue weighted by molar-refractivity contribution is 5.08. The third-order valence-corrected chi connectivity index (χ3v) is 1.25. The van der Waals surface area contributed by atoms with E-state index in [4.69, 9.17) is 5.11 Å². The van der Waals surface area contributed by atoms with Gasteiger partial charge in [0.2, 0.25) is 0 Å². The van der Waals surface area contributed by atoms with Crippen LogP contribution in [0.1, 0.15) is 5.56 Å². The number of aryl methyl sites for hydroxylation is 2. The van der Waals surface area contributed by atoms with E-state index >= 15 is 0 Å². The molecule has 0 fully saturated rings. The van der Waals surface area contributed by atoms with Crippen LogP contribution in [0, 0.1) is 6.92 Å². The first-order valence-corrected chi connectivity index (χ1v) is 2.85. The molecule has 48 valence electrons.